The van der Waals surface area contributed by atoms with Gasteiger partial charge in [0, 0.05) is 23.4 Å². The summed E-state index contributed by atoms with van der Waals surface area (Å²) in [4.78, 5) is 0. The van der Waals surface area contributed by atoms with E-state index in [1.165, 1.54) is 32.1 Å². The number of thioether (sulfide) groups is 1. The number of hydrogen-bond acceptors (Lipinski definition) is 3. The van der Waals surface area contributed by atoms with Gasteiger partial charge in [-0.15, -0.1) is 0 Å². The SMILES string of the molecule is CCSC1CCC(NCc2cccc(OC)c2F)C1. The number of hydrogen-bond donors (Lipinski definition) is 1. The van der Waals surface area contributed by atoms with Gasteiger partial charge in [0.2, 0.25) is 0 Å². The van der Waals surface area contributed by atoms with E-state index in [-0.39, 0.29) is 5.82 Å². The first-order valence-electron chi connectivity index (χ1n) is 6.91. The first kappa shape index (κ1) is 14.7. The Bertz CT molecular complexity index is 413. The molecule has 0 spiro atoms. The number of halogens is 1. The lowest BCUT2D eigenvalue weighted by molar-refractivity contribution is 0.382. The van der Waals surface area contributed by atoms with E-state index in [1.54, 1.807) is 6.07 Å². The second-order valence-corrected chi connectivity index (χ2v) is 6.48. The normalized spacial score (nSPS) is 22.7. The fourth-order valence-corrected chi connectivity index (χ4v) is 3.76. The van der Waals surface area contributed by atoms with Crippen LogP contribution >= 0.6 is 11.8 Å². The molecule has 106 valence electrons. The average Bonchev–Trinajstić information content (AvgIpc) is 2.86. The van der Waals surface area contributed by atoms with Crippen molar-refractivity contribution in [1.29, 1.82) is 0 Å². The van der Waals surface area contributed by atoms with Gasteiger partial charge in [-0.1, -0.05) is 19.1 Å². The molecule has 19 heavy (non-hydrogen) atoms. The Hall–Kier alpha value is -0.740. The average molecular weight is 283 g/mol. The zero-order valence-corrected chi connectivity index (χ0v) is 12.4. The van der Waals surface area contributed by atoms with E-state index in [0.29, 0.717) is 23.9 Å². The van der Waals surface area contributed by atoms with Crippen LogP contribution in [0.15, 0.2) is 18.2 Å². The van der Waals surface area contributed by atoms with Gasteiger partial charge in [0.25, 0.3) is 0 Å². The van der Waals surface area contributed by atoms with Crippen LogP contribution in [0.3, 0.4) is 0 Å². The smallest absolute Gasteiger partial charge is 0.169 e. The summed E-state index contributed by atoms with van der Waals surface area (Å²) in [6, 6.07) is 5.83. The predicted molar refractivity (Wildman–Crippen MR) is 79.4 cm³/mol. The fourth-order valence-electron chi connectivity index (χ4n) is 2.62. The quantitative estimate of drug-likeness (QED) is 0.862. The van der Waals surface area contributed by atoms with Crippen LogP contribution in [-0.4, -0.2) is 24.2 Å². The highest BCUT2D eigenvalue weighted by atomic mass is 32.2. The maximum absolute atomic E-state index is 14.0. The molecule has 1 aromatic carbocycles. The topological polar surface area (TPSA) is 21.3 Å². The molecule has 2 nitrogen and oxygen atoms in total. The summed E-state index contributed by atoms with van der Waals surface area (Å²) < 4.78 is 19.0. The van der Waals surface area contributed by atoms with Crippen LogP contribution in [0.25, 0.3) is 0 Å². The van der Waals surface area contributed by atoms with E-state index in [4.69, 9.17) is 4.74 Å². The van der Waals surface area contributed by atoms with E-state index in [1.807, 2.05) is 23.9 Å². The molecule has 2 rings (SSSR count). The van der Waals surface area contributed by atoms with Crippen LogP contribution in [-0.2, 0) is 6.54 Å². The third kappa shape index (κ3) is 3.86. The molecule has 0 heterocycles. The Kier molecular flexibility index (Phi) is 5.52. The predicted octanol–water partition coefficient (Wildman–Crippen LogP) is 3.60. The van der Waals surface area contributed by atoms with Gasteiger partial charge >= 0.3 is 0 Å². The molecule has 1 N–H and O–H groups in total. The Balaban J connectivity index is 1.86. The molecule has 1 saturated carbocycles. The van der Waals surface area contributed by atoms with E-state index < -0.39 is 0 Å². The highest BCUT2D eigenvalue weighted by Crippen LogP contribution is 2.30. The van der Waals surface area contributed by atoms with Crippen LogP contribution in [0.2, 0.25) is 0 Å². The minimum Gasteiger partial charge on any atom is -0.494 e. The Morgan fingerprint density at radius 2 is 2.26 bits per heavy atom. The van der Waals surface area contributed by atoms with Gasteiger partial charge in [-0.3, -0.25) is 0 Å². The minimum atomic E-state index is -0.241. The Labute approximate surface area is 119 Å². The number of rotatable bonds is 6. The standard InChI is InChI=1S/C15H22FNOS/c1-3-19-13-8-7-12(9-13)17-10-11-5-4-6-14(18-2)15(11)16/h4-6,12-13,17H,3,7-10H2,1-2H3. The molecule has 0 amide bonds. The first-order valence-corrected chi connectivity index (χ1v) is 7.95. The lowest BCUT2D eigenvalue weighted by atomic mass is 10.1. The van der Waals surface area contributed by atoms with Gasteiger partial charge in [-0.25, -0.2) is 4.39 Å². The van der Waals surface area contributed by atoms with Crippen molar-refractivity contribution in [2.24, 2.45) is 0 Å². The van der Waals surface area contributed by atoms with Crippen LogP contribution in [0.4, 0.5) is 4.39 Å². The lowest BCUT2D eigenvalue weighted by Crippen LogP contribution is -2.26. The molecule has 2 unspecified atom stereocenters. The largest absolute Gasteiger partial charge is 0.494 e. The minimum absolute atomic E-state index is 0.241. The molecule has 0 radical (unpaired) electrons. The summed E-state index contributed by atoms with van der Waals surface area (Å²) in [5, 5.41) is 4.25. The third-order valence-corrected chi connectivity index (χ3v) is 4.86. The van der Waals surface area contributed by atoms with Crippen molar-refractivity contribution >= 4 is 11.8 Å². The number of methoxy groups -OCH3 is 1. The van der Waals surface area contributed by atoms with E-state index in [2.05, 4.69) is 12.2 Å². The first-order chi connectivity index (χ1) is 9.24. The van der Waals surface area contributed by atoms with Gasteiger partial charge in [0.15, 0.2) is 11.6 Å². The maximum atomic E-state index is 14.0. The van der Waals surface area contributed by atoms with E-state index in [0.717, 1.165) is 5.25 Å². The van der Waals surface area contributed by atoms with Crippen LogP contribution in [0.1, 0.15) is 31.7 Å². The molecule has 0 bridgehead atoms. The zero-order valence-electron chi connectivity index (χ0n) is 11.6. The monoisotopic (exact) mass is 283 g/mol. The summed E-state index contributed by atoms with van der Waals surface area (Å²) in [5.74, 6) is 1.27. The van der Waals surface area contributed by atoms with Gasteiger partial charge in [0.1, 0.15) is 0 Å². The van der Waals surface area contributed by atoms with Crippen molar-refractivity contribution in [3.8, 4) is 5.75 Å². The van der Waals surface area contributed by atoms with Crippen molar-refractivity contribution in [1.82, 2.24) is 5.32 Å². The van der Waals surface area contributed by atoms with Crippen LogP contribution in [0.5, 0.6) is 5.75 Å². The molecule has 1 aliphatic carbocycles. The van der Waals surface area contributed by atoms with Gasteiger partial charge in [-0.05, 0) is 31.1 Å². The summed E-state index contributed by atoms with van der Waals surface area (Å²) in [7, 11) is 1.50. The highest BCUT2D eigenvalue weighted by Gasteiger charge is 2.24. The number of nitrogens with one attached hydrogen (secondary N) is 1. The Morgan fingerprint density at radius 3 is 3.00 bits per heavy atom. The van der Waals surface area contributed by atoms with Crippen molar-refractivity contribution in [3.05, 3.63) is 29.6 Å². The summed E-state index contributed by atoms with van der Waals surface area (Å²) >= 11 is 2.04. The third-order valence-electron chi connectivity index (χ3n) is 3.63. The molecule has 1 fully saturated rings. The van der Waals surface area contributed by atoms with Crippen molar-refractivity contribution in [2.45, 2.75) is 44.0 Å². The second-order valence-electron chi connectivity index (χ2n) is 4.90. The summed E-state index contributed by atoms with van der Waals surface area (Å²) in [6.07, 6.45) is 3.67. The molecule has 0 aliphatic heterocycles. The maximum Gasteiger partial charge on any atom is 0.169 e. The van der Waals surface area contributed by atoms with Crippen LogP contribution < -0.4 is 10.1 Å². The van der Waals surface area contributed by atoms with E-state index in [9.17, 15) is 4.39 Å². The Morgan fingerprint density at radius 1 is 1.42 bits per heavy atom. The fraction of sp³-hybridized carbons (Fsp3) is 0.600. The number of benzene rings is 1. The van der Waals surface area contributed by atoms with Crippen molar-refractivity contribution in [3.63, 3.8) is 0 Å². The molecular formula is C15H22FNOS. The number of ether oxygens (including phenoxy) is 1. The zero-order chi connectivity index (χ0) is 13.7. The van der Waals surface area contributed by atoms with Crippen molar-refractivity contribution < 1.29 is 9.13 Å². The van der Waals surface area contributed by atoms with Gasteiger partial charge < -0.3 is 10.1 Å². The van der Waals surface area contributed by atoms with Crippen LogP contribution in [0, 0.1) is 5.82 Å². The molecular weight excluding hydrogens is 261 g/mol. The molecule has 1 aromatic rings. The van der Waals surface area contributed by atoms with E-state index >= 15 is 0 Å². The van der Waals surface area contributed by atoms with Gasteiger partial charge in [-0.2, -0.15) is 11.8 Å². The lowest BCUT2D eigenvalue weighted by Gasteiger charge is -2.14. The molecule has 0 aromatic heterocycles. The molecule has 4 heteroatoms. The second kappa shape index (κ2) is 7.15. The highest BCUT2D eigenvalue weighted by molar-refractivity contribution is 7.99. The van der Waals surface area contributed by atoms with Crippen molar-refractivity contribution in [2.75, 3.05) is 12.9 Å². The van der Waals surface area contributed by atoms with Gasteiger partial charge in [0.05, 0.1) is 7.11 Å². The molecule has 0 saturated heterocycles. The molecule has 2 atom stereocenters. The molecule has 1 aliphatic rings. The summed E-state index contributed by atoms with van der Waals surface area (Å²) in [6.45, 7) is 2.79. The summed E-state index contributed by atoms with van der Waals surface area (Å²) in [5.41, 5.74) is 0.686.